The van der Waals surface area contributed by atoms with E-state index < -0.39 is 6.04 Å². The van der Waals surface area contributed by atoms with Crippen molar-refractivity contribution < 1.29 is 4.79 Å². The number of rotatable bonds is 7. The van der Waals surface area contributed by atoms with Crippen LogP contribution in [0.15, 0.2) is 78.0 Å². The fourth-order valence-corrected chi connectivity index (χ4v) is 4.71. The van der Waals surface area contributed by atoms with Crippen LogP contribution in [0.5, 0.6) is 0 Å². The fraction of sp³-hybridized carbons (Fsp3) is 0.160. The first-order chi connectivity index (χ1) is 15.9. The highest BCUT2D eigenvalue weighted by molar-refractivity contribution is 7.98. The van der Waals surface area contributed by atoms with Crippen LogP contribution >= 0.6 is 35.0 Å². The third-order valence-corrected chi connectivity index (χ3v) is 6.70. The van der Waals surface area contributed by atoms with Gasteiger partial charge in [0.15, 0.2) is 11.0 Å². The fourth-order valence-electron chi connectivity index (χ4n) is 3.41. The van der Waals surface area contributed by atoms with E-state index in [0.29, 0.717) is 21.4 Å². The van der Waals surface area contributed by atoms with Crippen LogP contribution in [0.2, 0.25) is 10.0 Å². The molecule has 0 aliphatic carbocycles. The van der Waals surface area contributed by atoms with Gasteiger partial charge in [0, 0.05) is 10.8 Å². The van der Waals surface area contributed by atoms with E-state index in [2.05, 4.69) is 27.6 Å². The van der Waals surface area contributed by atoms with Gasteiger partial charge in [-0.3, -0.25) is 9.36 Å². The molecule has 168 valence electrons. The Balaban J connectivity index is 1.68. The van der Waals surface area contributed by atoms with Crippen molar-refractivity contribution in [1.82, 2.24) is 20.1 Å². The number of aromatic nitrogens is 3. The Morgan fingerprint density at radius 1 is 1.03 bits per heavy atom. The molecule has 5 nitrogen and oxygen atoms in total. The molecule has 4 aromatic rings. The van der Waals surface area contributed by atoms with Gasteiger partial charge in [-0.2, -0.15) is 0 Å². The van der Waals surface area contributed by atoms with Crippen LogP contribution in [0.25, 0.3) is 5.69 Å². The van der Waals surface area contributed by atoms with Gasteiger partial charge in [0.2, 0.25) is 0 Å². The van der Waals surface area contributed by atoms with Crippen molar-refractivity contribution in [2.75, 3.05) is 0 Å². The van der Waals surface area contributed by atoms with Crippen molar-refractivity contribution in [3.8, 4) is 5.69 Å². The van der Waals surface area contributed by atoms with E-state index in [4.69, 9.17) is 23.2 Å². The van der Waals surface area contributed by atoms with Gasteiger partial charge in [0.25, 0.3) is 5.91 Å². The Morgan fingerprint density at radius 3 is 2.52 bits per heavy atom. The lowest BCUT2D eigenvalue weighted by atomic mass is 10.1. The van der Waals surface area contributed by atoms with Gasteiger partial charge in [-0.1, -0.05) is 83.5 Å². The topological polar surface area (TPSA) is 59.8 Å². The molecule has 0 radical (unpaired) electrons. The van der Waals surface area contributed by atoms with E-state index in [0.717, 1.165) is 22.2 Å². The van der Waals surface area contributed by atoms with E-state index in [1.54, 1.807) is 36.0 Å². The van der Waals surface area contributed by atoms with Crippen molar-refractivity contribution in [3.05, 3.63) is 105 Å². The summed E-state index contributed by atoms with van der Waals surface area (Å²) in [6, 6.07) is 22.4. The number of carbonyl (C=O) groups is 1. The molecule has 0 bridgehead atoms. The third kappa shape index (κ3) is 5.41. The minimum Gasteiger partial charge on any atom is -0.342 e. The predicted molar refractivity (Wildman–Crippen MR) is 134 cm³/mol. The lowest BCUT2D eigenvalue weighted by molar-refractivity contribution is 0.0938. The summed E-state index contributed by atoms with van der Waals surface area (Å²) < 4.78 is 1.96. The molecule has 0 aliphatic rings. The average Bonchev–Trinajstić information content (AvgIpc) is 3.24. The summed E-state index contributed by atoms with van der Waals surface area (Å²) in [5.41, 5.74) is 3.49. The first kappa shape index (κ1) is 23.4. The zero-order valence-electron chi connectivity index (χ0n) is 18.1. The molecule has 1 heterocycles. The molecule has 8 heteroatoms. The Bertz CT molecular complexity index is 1280. The van der Waals surface area contributed by atoms with Crippen LogP contribution in [0.4, 0.5) is 0 Å². The van der Waals surface area contributed by atoms with Gasteiger partial charge in [-0.15, -0.1) is 10.2 Å². The lowest BCUT2D eigenvalue weighted by Gasteiger charge is -2.18. The van der Waals surface area contributed by atoms with Crippen molar-refractivity contribution in [1.29, 1.82) is 0 Å². The number of aryl methyl sites for hydroxylation is 1. The quantitative estimate of drug-likeness (QED) is 0.290. The largest absolute Gasteiger partial charge is 0.342 e. The second-order valence-corrected chi connectivity index (χ2v) is 9.34. The standard InChI is InChI=1S/C25H22Cl2N4OS/c1-16-12-13-19(26)14-22(16)31-23(17(2)28-24(32)20-10-6-7-11-21(20)27)29-30-25(31)33-15-18-8-4-3-5-9-18/h3-14,17H,15H2,1-2H3,(H,28,32). The van der Waals surface area contributed by atoms with E-state index >= 15 is 0 Å². The van der Waals surface area contributed by atoms with E-state index in [1.165, 1.54) is 5.56 Å². The Morgan fingerprint density at radius 2 is 1.76 bits per heavy atom. The maximum absolute atomic E-state index is 12.9. The molecule has 0 saturated heterocycles. The van der Waals surface area contributed by atoms with E-state index in [-0.39, 0.29) is 5.91 Å². The maximum Gasteiger partial charge on any atom is 0.253 e. The molecule has 1 atom stereocenters. The van der Waals surface area contributed by atoms with E-state index in [9.17, 15) is 4.79 Å². The smallest absolute Gasteiger partial charge is 0.253 e. The molecule has 1 amide bonds. The number of hydrogen-bond donors (Lipinski definition) is 1. The molecule has 1 unspecified atom stereocenters. The molecule has 4 rings (SSSR count). The molecule has 0 spiro atoms. The van der Waals surface area contributed by atoms with Crippen LogP contribution in [0.3, 0.4) is 0 Å². The van der Waals surface area contributed by atoms with Crippen molar-refractivity contribution in [3.63, 3.8) is 0 Å². The molecule has 1 N–H and O–H groups in total. The number of benzene rings is 3. The summed E-state index contributed by atoms with van der Waals surface area (Å²) in [7, 11) is 0. The second-order valence-electron chi connectivity index (χ2n) is 7.56. The monoisotopic (exact) mass is 496 g/mol. The van der Waals surface area contributed by atoms with Crippen molar-refractivity contribution >= 4 is 40.9 Å². The van der Waals surface area contributed by atoms with Gasteiger partial charge in [0.05, 0.1) is 22.3 Å². The van der Waals surface area contributed by atoms with Gasteiger partial charge in [-0.05, 0) is 49.2 Å². The number of amides is 1. The summed E-state index contributed by atoms with van der Waals surface area (Å²) in [5.74, 6) is 1.07. The van der Waals surface area contributed by atoms with Crippen LogP contribution < -0.4 is 5.32 Å². The SMILES string of the molecule is Cc1ccc(Cl)cc1-n1c(SCc2ccccc2)nnc1C(C)NC(=O)c1ccccc1Cl. The predicted octanol–water partition coefficient (Wildman–Crippen LogP) is 6.67. The highest BCUT2D eigenvalue weighted by atomic mass is 35.5. The van der Waals surface area contributed by atoms with Crippen LogP contribution in [-0.2, 0) is 5.75 Å². The second kappa shape index (κ2) is 10.4. The van der Waals surface area contributed by atoms with Crippen molar-refractivity contribution in [2.45, 2.75) is 30.8 Å². The minimum absolute atomic E-state index is 0.274. The lowest BCUT2D eigenvalue weighted by Crippen LogP contribution is -2.29. The minimum atomic E-state index is -0.425. The van der Waals surface area contributed by atoms with Gasteiger partial charge in [-0.25, -0.2) is 0 Å². The number of hydrogen-bond acceptors (Lipinski definition) is 4. The number of carbonyl (C=O) groups excluding carboxylic acids is 1. The zero-order chi connectivity index (χ0) is 23.4. The van der Waals surface area contributed by atoms with Gasteiger partial charge >= 0.3 is 0 Å². The molecule has 0 aliphatic heterocycles. The highest BCUT2D eigenvalue weighted by Crippen LogP contribution is 2.30. The Labute approximate surface area is 207 Å². The molecule has 0 saturated carbocycles. The summed E-state index contributed by atoms with van der Waals surface area (Å²) >= 11 is 14.1. The van der Waals surface area contributed by atoms with Gasteiger partial charge < -0.3 is 5.32 Å². The zero-order valence-corrected chi connectivity index (χ0v) is 20.5. The number of halogens is 2. The summed E-state index contributed by atoms with van der Waals surface area (Å²) in [4.78, 5) is 12.9. The summed E-state index contributed by atoms with van der Waals surface area (Å²) in [6.07, 6.45) is 0. The van der Waals surface area contributed by atoms with Crippen LogP contribution in [-0.4, -0.2) is 20.7 Å². The highest BCUT2D eigenvalue weighted by Gasteiger charge is 2.23. The maximum atomic E-state index is 12.9. The molecular formula is C25H22Cl2N4OS. The van der Waals surface area contributed by atoms with Gasteiger partial charge in [0.1, 0.15) is 0 Å². The first-order valence-electron chi connectivity index (χ1n) is 10.4. The summed E-state index contributed by atoms with van der Waals surface area (Å²) in [5, 5.41) is 13.6. The van der Waals surface area contributed by atoms with Crippen LogP contribution in [0, 0.1) is 6.92 Å². The average molecular weight is 497 g/mol. The Kier molecular flexibility index (Phi) is 7.38. The number of nitrogens with zero attached hydrogens (tertiary/aromatic N) is 3. The Hall–Kier alpha value is -2.80. The molecule has 1 aromatic heterocycles. The summed E-state index contributed by atoms with van der Waals surface area (Å²) in [6.45, 7) is 3.88. The van der Waals surface area contributed by atoms with Crippen molar-refractivity contribution in [2.24, 2.45) is 0 Å². The van der Waals surface area contributed by atoms with E-state index in [1.807, 2.05) is 54.8 Å². The molecule has 33 heavy (non-hydrogen) atoms. The number of nitrogens with one attached hydrogen (secondary N) is 1. The molecular weight excluding hydrogens is 475 g/mol. The molecule has 0 fully saturated rings. The first-order valence-corrected chi connectivity index (χ1v) is 12.1. The molecule has 3 aromatic carbocycles. The van der Waals surface area contributed by atoms with Crippen LogP contribution in [0.1, 0.15) is 40.3 Å². The normalized spacial score (nSPS) is 11.9. The third-order valence-electron chi connectivity index (χ3n) is 5.13. The number of thioether (sulfide) groups is 1.